The second-order valence-corrected chi connectivity index (χ2v) is 5.52. The van der Waals surface area contributed by atoms with E-state index in [2.05, 4.69) is 0 Å². The zero-order valence-electron chi connectivity index (χ0n) is 13.1. The van der Waals surface area contributed by atoms with Crippen molar-refractivity contribution in [2.24, 2.45) is 10.8 Å². The lowest BCUT2D eigenvalue weighted by Crippen LogP contribution is -2.61. The predicted molar refractivity (Wildman–Crippen MR) is 68.6 cm³/mol. The van der Waals surface area contributed by atoms with Gasteiger partial charge in [-0.25, -0.2) is 9.59 Å². The third-order valence-electron chi connectivity index (χ3n) is 4.01. The lowest BCUT2D eigenvalue weighted by molar-refractivity contribution is -0.310. The fourth-order valence-corrected chi connectivity index (χ4v) is 2.60. The van der Waals surface area contributed by atoms with Crippen LogP contribution in [-0.2, 0) is 19.2 Å². The standard InChI is InChI=1S/C13H6F8O8/c14-11(15,13(19,20)21)9(7(26)27)1-4(6(24)25)10(8(28)29,12(16,17)18)2-3(9)5(22)23/h1-2H,(H,22,23)(H,24,25)(H,26,27)(H,28,29). The van der Waals surface area contributed by atoms with Crippen LogP contribution in [-0.4, -0.2) is 62.6 Å². The van der Waals surface area contributed by atoms with E-state index in [1.54, 1.807) is 0 Å². The molecule has 29 heavy (non-hydrogen) atoms. The fraction of sp³-hybridized carbons (Fsp3) is 0.385. The lowest BCUT2D eigenvalue weighted by atomic mass is 9.62. The van der Waals surface area contributed by atoms with Gasteiger partial charge in [-0.05, 0) is 12.2 Å². The molecule has 1 aliphatic rings. The normalized spacial score (nSPS) is 25.7. The molecule has 0 aromatic carbocycles. The topological polar surface area (TPSA) is 149 Å². The van der Waals surface area contributed by atoms with Crippen molar-refractivity contribution in [3.05, 3.63) is 23.3 Å². The van der Waals surface area contributed by atoms with Gasteiger partial charge >= 0.3 is 42.2 Å². The van der Waals surface area contributed by atoms with Gasteiger partial charge < -0.3 is 20.4 Å². The van der Waals surface area contributed by atoms with E-state index in [0.29, 0.717) is 0 Å². The molecule has 2 unspecified atom stereocenters. The van der Waals surface area contributed by atoms with Crippen LogP contribution >= 0.6 is 0 Å². The summed E-state index contributed by atoms with van der Waals surface area (Å²) in [4.78, 5) is 44.9. The van der Waals surface area contributed by atoms with Crippen molar-refractivity contribution in [2.75, 3.05) is 0 Å². The summed E-state index contributed by atoms with van der Waals surface area (Å²) in [7, 11) is 0. The van der Waals surface area contributed by atoms with Crippen LogP contribution in [0.5, 0.6) is 0 Å². The summed E-state index contributed by atoms with van der Waals surface area (Å²) in [6.07, 6.45) is -15.8. The third kappa shape index (κ3) is 2.98. The molecule has 0 aromatic rings. The van der Waals surface area contributed by atoms with Crippen molar-refractivity contribution >= 4 is 23.9 Å². The summed E-state index contributed by atoms with van der Waals surface area (Å²) < 4.78 is 107. The Kier molecular flexibility index (Phi) is 5.27. The summed E-state index contributed by atoms with van der Waals surface area (Å²) in [6, 6.07) is 0. The van der Waals surface area contributed by atoms with Gasteiger partial charge in [0.2, 0.25) is 5.41 Å². The Morgan fingerprint density at radius 3 is 1.21 bits per heavy atom. The molecule has 16 heteroatoms. The second kappa shape index (κ2) is 6.41. The monoisotopic (exact) mass is 442 g/mol. The molecular formula is C13H6F8O8. The van der Waals surface area contributed by atoms with E-state index >= 15 is 0 Å². The van der Waals surface area contributed by atoms with Crippen molar-refractivity contribution in [3.8, 4) is 0 Å². The number of carboxylic acids is 4. The first-order chi connectivity index (χ1) is 12.7. The molecule has 0 heterocycles. The maximum Gasteiger partial charge on any atom is 0.455 e. The second-order valence-electron chi connectivity index (χ2n) is 5.52. The maximum absolute atomic E-state index is 14.0. The minimum absolute atomic E-state index is 1.28. The number of carbonyl (C=O) groups is 4. The number of aliphatic carboxylic acids is 4. The van der Waals surface area contributed by atoms with E-state index in [1.807, 2.05) is 0 Å². The number of rotatable bonds is 5. The van der Waals surface area contributed by atoms with Gasteiger partial charge in [-0.15, -0.1) is 0 Å². The third-order valence-corrected chi connectivity index (χ3v) is 4.01. The van der Waals surface area contributed by atoms with Crippen molar-refractivity contribution in [1.29, 1.82) is 0 Å². The minimum atomic E-state index is -6.90. The van der Waals surface area contributed by atoms with Crippen molar-refractivity contribution < 1.29 is 74.7 Å². The largest absolute Gasteiger partial charge is 0.480 e. The van der Waals surface area contributed by atoms with Gasteiger partial charge in [0.15, 0.2) is 5.41 Å². The Balaban J connectivity index is 4.35. The molecule has 0 fully saturated rings. The van der Waals surface area contributed by atoms with Gasteiger partial charge in [0.1, 0.15) is 0 Å². The van der Waals surface area contributed by atoms with Gasteiger partial charge in [0.05, 0.1) is 11.1 Å². The average Bonchev–Trinajstić information content (AvgIpc) is 2.49. The molecule has 0 radical (unpaired) electrons. The zero-order chi connectivity index (χ0) is 23.4. The first-order valence-electron chi connectivity index (χ1n) is 6.63. The van der Waals surface area contributed by atoms with E-state index in [4.69, 9.17) is 20.4 Å². The van der Waals surface area contributed by atoms with E-state index in [-0.39, 0.29) is 0 Å². The van der Waals surface area contributed by atoms with Crippen LogP contribution in [0, 0.1) is 10.8 Å². The molecule has 162 valence electrons. The molecule has 0 bridgehead atoms. The van der Waals surface area contributed by atoms with Crippen LogP contribution in [0.15, 0.2) is 23.3 Å². The maximum atomic E-state index is 14.0. The quantitative estimate of drug-likeness (QED) is 0.472. The minimum Gasteiger partial charge on any atom is -0.480 e. The highest BCUT2D eigenvalue weighted by molar-refractivity contribution is 6.07. The molecular weight excluding hydrogens is 436 g/mol. The Morgan fingerprint density at radius 1 is 0.655 bits per heavy atom. The number of hydrogen-bond donors (Lipinski definition) is 4. The van der Waals surface area contributed by atoms with E-state index in [1.165, 1.54) is 0 Å². The Morgan fingerprint density at radius 2 is 0.966 bits per heavy atom. The van der Waals surface area contributed by atoms with E-state index in [0.717, 1.165) is 0 Å². The van der Waals surface area contributed by atoms with Crippen LogP contribution in [0.2, 0.25) is 0 Å². The highest BCUT2D eigenvalue weighted by atomic mass is 19.4. The van der Waals surface area contributed by atoms with Crippen LogP contribution < -0.4 is 0 Å². The smallest absolute Gasteiger partial charge is 0.455 e. The summed E-state index contributed by atoms with van der Waals surface area (Å²) in [5.41, 5.74) is -15.8. The number of halogens is 8. The molecule has 2 atom stereocenters. The van der Waals surface area contributed by atoms with Crippen LogP contribution in [0.25, 0.3) is 0 Å². The van der Waals surface area contributed by atoms with Crippen molar-refractivity contribution in [1.82, 2.24) is 0 Å². The fourth-order valence-electron chi connectivity index (χ4n) is 2.60. The Labute approximate surface area is 152 Å². The average molecular weight is 442 g/mol. The number of carboxylic acid groups (broad SMARTS) is 4. The molecule has 0 saturated heterocycles. The SMILES string of the molecule is O=C(O)C1=CC(C(=O)O)(C(F)(F)C(F)(F)F)C(C(=O)O)=CC1(C(=O)O)C(F)(F)F. The Hall–Kier alpha value is -3.20. The predicted octanol–water partition coefficient (Wildman–Crippen LogP) is 1.92. The molecule has 0 spiro atoms. The van der Waals surface area contributed by atoms with Gasteiger partial charge in [0, 0.05) is 0 Å². The molecule has 0 aliphatic heterocycles. The molecule has 4 N–H and O–H groups in total. The van der Waals surface area contributed by atoms with Gasteiger partial charge in [-0.1, -0.05) is 0 Å². The van der Waals surface area contributed by atoms with Gasteiger partial charge in [0.25, 0.3) is 0 Å². The van der Waals surface area contributed by atoms with Crippen LogP contribution in [0.1, 0.15) is 0 Å². The Bertz CT molecular complexity index is 852. The van der Waals surface area contributed by atoms with Crippen molar-refractivity contribution in [2.45, 2.75) is 18.3 Å². The molecule has 0 amide bonds. The zero-order valence-corrected chi connectivity index (χ0v) is 13.1. The van der Waals surface area contributed by atoms with Crippen LogP contribution in [0.4, 0.5) is 35.1 Å². The summed E-state index contributed by atoms with van der Waals surface area (Å²) in [5, 5.41) is 35.6. The summed E-state index contributed by atoms with van der Waals surface area (Å²) in [5.74, 6) is -19.4. The van der Waals surface area contributed by atoms with Gasteiger partial charge in [-0.3, -0.25) is 9.59 Å². The van der Waals surface area contributed by atoms with E-state index < -0.39 is 76.3 Å². The molecule has 1 rings (SSSR count). The van der Waals surface area contributed by atoms with E-state index in [9.17, 15) is 54.3 Å². The molecule has 0 aromatic heterocycles. The molecule has 0 saturated carbocycles. The highest BCUT2D eigenvalue weighted by Gasteiger charge is 2.79. The summed E-state index contributed by atoms with van der Waals surface area (Å²) in [6.45, 7) is 0. The highest BCUT2D eigenvalue weighted by Crippen LogP contribution is 2.60. The lowest BCUT2D eigenvalue weighted by Gasteiger charge is -2.42. The van der Waals surface area contributed by atoms with Crippen molar-refractivity contribution in [3.63, 3.8) is 0 Å². The first-order valence-corrected chi connectivity index (χ1v) is 6.63. The van der Waals surface area contributed by atoms with Gasteiger partial charge in [-0.2, -0.15) is 35.1 Å². The molecule has 1 aliphatic carbocycles. The first kappa shape index (κ1) is 23.8. The van der Waals surface area contributed by atoms with Crippen LogP contribution in [0.3, 0.4) is 0 Å². The number of alkyl halides is 8. The summed E-state index contributed by atoms with van der Waals surface area (Å²) >= 11 is 0. The number of hydrogen-bond acceptors (Lipinski definition) is 4. The molecule has 8 nitrogen and oxygen atoms in total.